The molecule has 1 atom stereocenters. The zero-order valence-corrected chi connectivity index (χ0v) is 10.7. The van der Waals surface area contributed by atoms with Gasteiger partial charge in [-0.05, 0) is 11.8 Å². The molecular formula is C11H18N2O2S. The molecule has 0 saturated carbocycles. The molecule has 0 fully saturated rings. The predicted molar refractivity (Wildman–Crippen MR) is 64.0 cm³/mol. The lowest BCUT2D eigenvalue weighted by atomic mass is 9.83. The molecule has 90 valence electrons. The Balaban J connectivity index is 2.46. The molecule has 4 nitrogen and oxygen atoms in total. The number of aromatic nitrogens is 1. The van der Waals surface area contributed by atoms with Crippen LogP contribution in [0, 0.1) is 5.41 Å². The highest BCUT2D eigenvalue weighted by Crippen LogP contribution is 2.24. The van der Waals surface area contributed by atoms with Crippen molar-refractivity contribution in [2.45, 2.75) is 39.8 Å². The van der Waals surface area contributed by atoms with E-state index in [4.69, 9.17) is 0 Å². The highest BCUT2D eigenvalue weighted by molar-refractivity contribution is 7.09. The van der Waals surface area contributed by atoms with Crippen LogP contribution in [0.3, 0.4) is 0 Å². The number of aliphatic hydroxyl groups excluding tert-OH is 1. The van der Waals surface area contributed by atoms with Crippen molar-refractivity contribution in [2.75, 3.05) is 0 Å². The van der Waals surface area contributed by atoms with Gasteiger partial charge in [-0.15, -0.1) is 11.3 Å². The van der Waals surface area contributed by atoms with Crippen LogP contribution in [-0.2, 0) is 11.3 Å². The van der Waals surface area contributed by atoms with E-state index < -0.39 is 11.5 Å². The molecule has 0 spiro atoms. The van der Waals surface area contributed by atoms with Gasteiger partial charge in [0.15, 0.2) is 0 Å². The van der Waals surface area contributed by atoms with Gasteiger partial charge in [0, 0.05) is 11.6 Å². The number of nitrogens with one attached hydrogen (secondary N) is 1. The molecule has 0 aromatic carbocycles. The number of hydrogen-bond acceptors (Lipinski definition) is 4. The van der Waals surface area contributed by atoms with E-state index >= 15 is 0 Å². The van der Waals surface area contributed by atoms with Gasteiger partial charge in [-0.3, -0.25) is 4.79 Å². The first-order chi connectivity index (χ1) is 7.47. The summed E-state index contributed by atoms with van der Waals surface area (Å²) in [6.45, 7) is 6.09. The van der Waals surface area contributed by atoms with E-state index in [1.165, 1.54) is 11.3 Å². The zero-order valence-electron chi connectivity index (χ0n) is 9.86. The van der Waals surface area contributed by atoms with Gasteiger partial charge in [0.2, 0.25) is 5.91 Å². The number of rotatable bonds is 5. The van der Waals surface area contributed by atoms with Crippen molar-refractivity contribution in [3.05, 3.63) is 16.6 Å². The normalized spacial score (nSPS) is 13.5. The quantitative estimate of drug-likeness (QED) is 0.823. The lowest BCUT2D eigenvalue weighted by molar-refractivity contribution is -0.135. The van der Waals surface area contributed by atoms with E-state index in [-0.39, 0.29) is 5.91 Å². The number of nitrogens with zero attached hydrogens (tertiary/aromatic N) is 1. The van der Waals surface area contributed by atoms with Crippen molar-refractivity contribution >= 4 is 17.2 Å². The third-order valence-electron chi connectivity index (χ3n) is 2.80. The molecule has 5 heteroatoms. The second-order valence-corrected chi connectivity index (χ2v) is 5.37. The summed E-state index contributed by atoms with van der Waals surface area (Å²) in [4.78, 5) is 15.7. The Morgan fingerprint density at radius 3 is 2.88 bits per heavy atom. The average molecular weight is 242 g/mol. The van der Waals surface area contributed by atoms with E-state index in [0.29, 0.717) is 6.54 Å². The van der Waals surface area contributed by atoms with E-state index in [2.05, 4.69) is 10.3 Å². The molecule has 1 rings (SSSR count). The summed E-state index contributed by atoms with van der Waals surface area (Å²) in [7, 11) is 0. The number of amides is 1. The van der Waals surface area contributed by atoms with Crippen molar-refractivity contribution in [3.63, 3.8) is 0 Å². The van der Waals surface area contributed by atoms with Gasteiger partial charge in [-0.25, -0.2) is 4.98 Å². The zero-order chi connectivity index (χ0) is 12.2. The molecule has 16 heavy (non-hydrogen) atoms. The smallest absolute Gasteiger partial charge is 0.249 e. The monoisotopic (exact) mass is 242 g/mol. The summed E-state index contributed by atoms with van der Waals surface area (Å²) in [6.07, 6.45) is 1.47. The molecule has 1 unspecified atom stereocenters. The molecule has 0 aliphatic rings. The summed E-state index contributed by atoms with van der Waals surface area (Å²) in [5.74, 6) is -0.331. The number of aliphatic hydroxyl groups is 1. The van der Waals surface area contributed by atoms with Crippen molar-refractivity contribution in [1.29, 1.82) is 0 Å². The topological polar surface area (TPSA) is 62.2 Å². The Kier molecular flexibility index (Phi) is 4.44. The first-order valence-corrected chi connectivity index (χ1v) is 6.19. The molecule has 0 aliphatic carbocycles. The first-order valence-electron chi connectivity index (χ1n) is 5.31. The van der Waals surface area contributed by atoms with Crippen LogP contribution in [0.4, 0.5) is 0 Å². The maximum atomic E-state index is 11.7. The minimum Gasteiger partial charge on any atom is -0.383 e. The van der Waals surface area contributed by atoms with Crippen LogP contribution in [0.2, 0.25) is 0 Å². The summed E-state index contributed by atoms with van der Waals surface area (Å²) >= 11 is 1.48. The molecule has 1 amide bonds. The molecule has 0 radical (unpaired) electrons. The maximum absolute atomic E-state index is 11.7. The van der Waals surface area contributed by atoms with Gasteiger partial charge in [0.1, 0.15) is 11.1 Å². The van der Waals surface area contributed by atoms with Crippen LogP contribution in [0.5, 0.6) is 0 Å². The third-order valence-corrected chi connectivity index (χ3v) is 3.58. The Morgan fingerprint density at radius 2 is 2.38 bits per heavy atom. The lowest BCUT2D eigenvalue weighted by Gasteiger charge is -2.27. The molecule has 0 saturated heterocycles. The predicted octanol–water partition coefficient (Wildman–Crippen LogP) is 1.56. The van der Waals surface area contributed by atoms with Crippen molar-refractivity contribution in [3.8, 4) is 0 Å². The number of thiazole rings is 1. The highest BCUT2D eigenvalue weighted by atomic mass is 32.1. The molecule has 0 aliphatic heterocycles. The van der Waals surface area contributed by atoms with E-state index in [9.17, 15) is 9.90 Å². The van der Waals surface area contributed by atoms with Crippen LogP contribution in [0.1, 0.15) is 32.2 Å². The van der Waals surface area contributed by atoms with Gasteiger partial charge >= 0.3 is 0 Å². The Morgan fingerprint density at radius 1 is 1.69 bits per heavy atom. The van der Waals surface area contributed by atoms with Gasteiger partial charge in [-0.2, -0.15) is 0 Å². The lowest BCUT2D eigenvalue weighted by Crippen LogP contribution is -2.43. The summed E-state index contributed by atoms with van der Waals surface area (Å²) in [5, 5.41) is 15.2. The fourth-order valence-electron chi connectivity index (χ4n) is 1.15. The second kappa shape index (κ2) is 5.41. The summed E-state index contributed by atoms with van der Waals surface area (Å²) in [6, 6.07) is 0. The molecule has 1 heterocycles. The van der Waals surface area contributed by atoms with Crippen LogP contribution in [0.25, 0.3) is 0 Å². The summed E-state index contributed by atoms with van der Waals surface area (Å²) < 4.78 is 0. The molecular weight excluding hydrogens is 224 g/mol. The number of carbonyl (C=O) groups is 1. The third kappa shape index (κ3) is 3.28. The maximum Gasteiger partial charge on any atom is 0.249 e. The highest BCUT2D eigenvalue weighted by Gasteiger charge is 2.31. The Hall–Kier alpha value is -0.940. The number of carbonyl (C=O) groups excluding carboxylic acids is 1. The average Bonchev–Trinajstić information content (AvgIpc) is 2.77. The van der Waals surface area contributed by atoms with Crippen LogP contribution in [0.15, 0.2) is 11.6 Å². The fraction of sp³-hybridized carbons (Fsp3) is 0.636. The Bertz CT molecular complexity index is 336. The van der Waals surface area contributed by atoms with Crippen LogP contribution in [-0.4, -0.2) is 22.1 Å². The minimum atomic E-state index is -0.975. The Labute approximate surface area is 99.7 Å². The molecule has 1 aromatic heterocycles. The SMILES string of the molecule is CCC(C)(C)C(O)C(=O)NCc1nccs1. The van der Waals surface area contributed by atoms with Gasteiger partial charge in [0.25, 0.3) is 0 Å². The van der Waals surface area contributed by atoms with Crippen molar-refractivity contribution < 1.29 is 9.90 Å². The van der Waals surface area contributed by atoms with Gasteiger partial charge in [-0.1, -0.05) is 20.8 Å². The van der Waals surface area contributed by atoms with E-state index in [0.717, 1.165) is 11.4 Å². The van der Waals surface area contributed by atoms with E-state index in [1.807, 2.05) is 26.2 Å². The van der Waals surface area contributed by atoms with Gasteiger partial charge in [0.05, 0.1) is 6.54 Å². The van der Waals surface area contributed by atoms with Crippen LogP contribution < -0.4 is 5.32 Å². The molecule has 1 aromatic rings. The van der Waals surface area contributed by atoms with Crippen molar-refractivity contribution in [1.82, 2.24) is 10.3 Å². The fourth-order valence-corrected chi connectivity index (χ4v) is 1.70. The van der Waals surface area contributed by atoms with Crippen LogP contribution >= 0.6 is 11.3 Å². The minimum absolute atomic E-state index is 0.331. The summed E-state index contributed by atoms with van der Waals surface area (Å²) in [5.41, 5.74) is -0.396. The molecule has 2 N–H and O–H groups in total. The van der Waals surface area contributed by atoms with Crippen molar-refractivity contribution in [2.24, 2.45) is 5.41 Å². The standard InChI is InChI=1S/C11H18N2O2S/c1-4-11(2,3)9(14)10(15)13-7-8-12-5-6-16-8/h5-6,9,14H,4,7H2,1-3H3,(H,13,15). The molecule has 0 bridgehead atoms. The van der Waals surface area contributed by atoms with Gasteiger partial charge < -0.3 is 10.4 Å². The largest absolute Gasteiger partial charge is 0.383 e. The number of hydrogen-bond donors (Lipinski definition) is 2. The second-order valence-electron chi connectivity index (χ2n) is 4.39. The van der Waals surface area contributed by atoms with E-state index in [1.54, 1.807) is 6.20 Å². The first kappa shape index (κ1) is 13.1.